The molecule has 3 aliphatic heterocycles. The molecule has 6 aliphatic rings. The van der Waals surface area contributed by atoms with Gasteiger partial charge in [-0.1, -0.05) is 57.9 Å². The highest BCUT2D eigenvalue weighted by atomic mass is 32.2. The lowest BCUT2D eigenvalue weighted by molar-refractivity contribution is -0.143. The molecule has 8 rings (SSSR count). The van der Waals surface area contributed by atoms with E-state index >= 15 is 9.18 Å². The summed E-state index contributed by atoms with van der Waals surface area (Å²) in [6.07, 6.45) is 9.24. The molecule has 4 fully saturated rings. The fourth-order valence-corrected chi connectivity index (χ4v) is 10.4. The molecule has 1 aromatic heterocycles. The molecule has 5 atom stereocenters. The number of allylic oxidation sites excluding steroid dienone is 1. The van der Waals surface area contributed by atoms with Gasteiger partial charge in [0.25, 0.3) is 5.91 Å². The van der Waals surface area contributed by atoms with E-state index in [0.29, 0.717) is 55.4 Å². The minimum atomic E-state index is -4.02. The van der Waals surface area contributed by atoms with Gasteiger partial charge in [-0.25, -0.2) is 22.6 Å². The van der Waals surface area contributed by atoms with Crippen molar-refractivity contribution in [3.8, 4) is 5.75 Å². The van der Waals surface area contributed by atoms with Crippen molar-refractivity contribution in [3.63, 3.8) is 0 Å². The normalized spacial score (nSPS) is 30.5. The Morgan fingerprint density at radius 1 is 1.11 bits per heavy atom. The summed E-state index contributed by atoms with van der Waals surface area (Å²) in [5, 5.41) is 14.2. The Hall–Kier alpha value is -4.27. The average molecular weight is 808 g/mol. The van der Waals surface area contributed by atoms with Gasteiger partial charge in [-0.05, 0) is 82.6 Å². The lowest BCUT2D eigenvalue weighted by atomic mass is 9.86. The SMILES string of the molecule is CC(C)(C)CN(C(=O)O)[C@H]1CCCCC/C=C\[C@@H]2C[C@@]2(C(=O)NS(=O)(=O)C2(C)CC2)NC(=O)[C@@H]2C[C@]3(CCc4c(c(C5CC5)nc5c(F)cccc45)O3)CN2C1=O. The first-order chi connectivity index (χ1) is 26.9. The first-order valence-electron chi connectivity index (χ1n) is 20.5. The minimum Gasteiger partial charge on any atom is -0.483 e. The van der Waals surface area contributed by atoms with Crippen LogP contribution in [-0.4, -0.2) is 93.2 Å². The zero-order valence-electron chi connectivity index (χ0n) is 33.2. The second-order valence-electron chi connectivity index (χ2n) is 18.9. The Balaban J connectivity index is 1.18. The molecule has 3 N–H and O–H groups in total. The van der Waals surface area contributed by atoms with Crippen LogP contribution in [0.25, 0.3) is 10.9 Å². The van der Waals surface area contributed by atoms with Gasteiger partial charge in [0.1, 0.15) is 40.3 Å². The van der Waals surface area contributed by atoms with Gasteiger partial charge in [-0.15, -0.1) is 0 Å². The number of halogens is 1. The number of para-hydroxylation sites is 1. The van der Waals surface area contributed by atoms with Crippen molar-refractivity contribution in [1.82, 2.24) is 24.8 Å². The highest BCUT2D eigenvalue weighted by Gasteiger charge is 2.64. The molecule has 15 heteroatoms. The molecule has 13 nitrogen and oxygen atoms in total. The van der Waals surface area contributed by atoms with E-state index in [1.165, 1.54) is 15.9 Å². The maximum Gasteiger partial charge on any atom is 0.407 e. The molecule has 4 heterocycles. The van der Waals surface area contributed by atoms with Crippen LogP contribution in [0.2, 0.25) is 0 Å². The van der Waals surface area contributed by atoms with E-state index in [9.17, 15) is 27.9 Å². The number of rotatable bonds is 6. The van der Waals surface area contributed by atoms with Crippen LogP contribution < -0.4 is 14.8 Å². The fraction of sp³-hybridized carbons (Fsp3) is 0.643. The van der Waals surface area contributed by atoms with Crippen LogP contribution >= 0.6 is 0 Å². The number of nitrogens with zero attached hydrogens (tertiary/aromatic N) is 3. The third-order valence-corrected chi connectivity index (χ3v) is 15.2. The predicted molar refractivity (Wildman–Crippen MR) is 209 cm³/mol. The summed E-state index contributed by atoms with van der Waals surface area (Å²) < 4.78 is 49.8. The molecule has 1 spiro atoms. The van der Waals surface area contributed by atoms with Crippen molar-refractivity contribution in [3.05, 3.63) is 47.4 Å². The van der Waals surface area contributed by atoms with E-state index in [1.807, 2.05) is 39.0 Å². The topological polar surface area (TPSA) is 175 Å². The number of ether oxygens (including phenoxy) is 1. The van der Waals surface area contributed by atoms with Gasteiger partial charge < -0.3 is 20.1 Å². The number of amides is 4. The molecule has 3 saturated carbocycles. The van der Waals surface area contributed by atoms with Crippen molar-refractivity contribution < 1.29 is 41.8 Å². The Morgan fingerprint density at radius 3 is 2.54 bits per heavy atom. The Labute approximate surface area is 333 Å². The second kappa shape index (κ2) is 13.9. The summed E-state index contributed by atoms with van der Waals surface area (Å²) in [5.74, 6) is -2.20. The number of carboxylic acid groups (broad SMARTS) is 1. The molecule has 57 heavy (non-hydrogen) atoms. The standard InChI is InChI=1S/C42H54FN5O8S/c1-39(2,3)23-48(38(52)53)30-14-9-7-5-6-8-11-26-21-42(26,37(51)46-57(54,55)40(4)19-20-40)45-35(49)31-22-41(24-47(31)36(30)50)18-17-28-27-12-10-13-29(43)33(27)44-32(25-15-16-25)34(28)56-41/h8,10-13,25-26,30-31H,5-7,9,14-24H2,1-4H3,(H,45,49)(H,46,51)(H,52,53)/b11-8-/t26-,30+,31+,41-,42-/m1/s1. The largest absolute Gasteiger partial charge is 0.483 e. The van der Waals surface area contributed by atoms with Crippen LogP contribution in [0.5, 0.6) is 5.75 Å². The number of hydrogen-bond acceptors (Lipinski definition) is 8. The van der Waals surface area contributed by atoms with E-state index in [-0.39, 0.29) is 43.8 Å². The Morgan fingerprint density at radius 2 is 1.86 bits per heavy atom. The molecular weight excluding hydrogens is 754 g/mol. The average Bonchev–Trinajstić information content (AvgIpc) is 4.07. The minimum absolute atomic E-state index is 0.0244. The molecule has 1 saturated heterocycles. The molecule has 308 valence electrons. The molecular formula is C42H54FN5O8S. The molecule has 0 radical (unpaired) electrons. The van der Waals surface area contributed by atoms with E-state index in [2.05, 4.69) is 10.0 Å². The van der Waals surface area contributed by atoms with Crippen LogP contribution in [0.1, 0.15) is 122 Å². The van der Waals surface area contributed by atoms with Gasteiger partial charge in [0.2, 0.25) is 21.8 Å². The van der Waals surface area contributed by atoms with Gasteiger partial charge in [-0.2, -0.15) is 0 Å². The van der Waals surface area contributed by atoms with Crippen LogP contribution in [0.15, 0.2) is 30.4 Å². The third kappa shape index (κ3) is 7.37. The highest BCUT2D eigenvalue weighted by molar-refractivity contribution is 7.91. The van der Waals surface area contributed by atoms with Crippen LogP contribution in [0.3, 0.4) is 0 Å². The number of aryl methyl sites for hydroxylation is 1. The lowest BCUT2D eigenvalue weighted by Gasteiger charge is -2.38. The predicted octanol–water partition coefficient (Wildman–Crippen LogP) is 5.70. The number of benzene rings is 1. The van der Waals surface area contributed by atoms with Gasteiger partial charge in [-0.3, -0.25) is 24.0 Å². The van der Waals surface area contributed by atoms with Gasteiger partial charge >= 0.3 is 6.09 Å². The summed E-state index contributed by atoms with van der Waals surface area (Å²) in [4.78, 5) is 64.3. The number of pyridine rings is 1. The molecule has 2 aromatic rings. The van der Waals surface area contributed by atoms with Crippen LogP contribution in [0, 0.1) is 17.2 Å². The number of hydrogen-bond donors (Lipinski definition) is 3. The van der Waals surface area contributed by atoms with E-state index in [4.69, 9.17) is 9.72 Å². The number of carbonyl (C=O) groups excluding carboxylic acids is 3. The zero-order valence-corrected chi connectivity index (χ0v) is 34.1. The van der Waals surface area contributed by atoms with E-state index < -0.39 is 79.0 Å². The maximum atomic E-state index is 15.1. The monoisotopic (exact) mass is 807 g/mol. The fourth-order valence-electron chi connectivity index (χ4n) is 9.13. The Kier molecular flexibility index (Phi) is 9.67. The smallest absolute Gasteiger partial charge is 0.407 e. The number of carbonyl (C=O) groups is 4. The van der Waals surface area contributed by atoms with Crippen molar-refractivity contribution in [2.45, 2.75) is 145 Å². The summed E-state index contributed by atoms with van der Waals surface area (Å²) in [6, 6.07) is 2.60. The number of sulfonamides is 1. The number of aromatic nitrogens is 1. The maximum absolute atomic E-state index is 15.1. The zero-order chi connectivity index (χ0) is 40.7. The van der Waals surface area contributed by atoms with Crippen LogP contribution in [0.4, 0.5) is 9.18 Å². The van der Waals surface area contributed by atoms with Crippen molar-refractivity contribution in [2.24, 2.45) is 11.3 Å². The molecule has 4 amide bonds. The molecule has 0 bridgehead atoms. The third-order valence-electron chi connectivity index (χ3n) is 13.0. The number of nitrogens with one attached hydrogen (secondary N) is 2. The number of fused-ring (bicyclic) bond motifs is 5. The van der Waals surface area contributed by atoms with E-state index in [1.54, 1.807) is 13.0 Å². The van der Waals surface area contributed by atoms with Crippen molar-refractivity contribution in [1.29, 1.82) is 0 Å². The summed E-state index contributed by atoms with van der Waals surface area (Å²) in [6.45, 7) is 7.36. The quantitative estimate of drug-likeness (QED) is 0.309. The van der Waals surface area contributed by atoms with Crippen molar-refractivity contribution in [2.75, 3.05) is 13.1 Å². The Bertz CT molecular complexity index is 2160. The lowest BCUT2D eigenvalue weighted by Crippen LogP contribution is -2.59. The summed E-state index contributed by atoms with van der Waals surface area (Å²) in [7, 11) is -4.02. The molecule has 0 unspecified atom stereocenters. The van der Waals surface area contributed by atoms with Gasteiger partial charge in [0, 0.05) is 35.8 Å². The second-order valence-corrected chi connectivity index (χ2v) is 21.1. The first kappa shape index (κ1) is 39.6. The molecule has 3 aliphatic carbocycles. The van der Waals surface area contributed by atoms with E-state index in [0.717, 1.165) is 31.2 Å². The highest BCUT2D eigenvalue weighted by Crippen LogP contribution is 2.52. The van der Waals surface area contributed by atoms with Crippen LogP contribution in [-0.2, 0) is 30.8 Å². The van der Waals surface area contributed by atoms with Crippen molar-refractivity contribution >= 4 is 44.7 Å². The van der Waals surface area contributed by atoms with Gasteiger partial charge in [0.15, 0.2) is 0 Å². The van der Waals surface area contributed by atoms with Gasteiger partial charge in [0.05, 0.1) is 17.0 Å². The first-order valence-corrected chi connectivity index (χ1v) is 22.0. The molecule has 1 aromatic carbocycles. The summed E-state index contributed by atoms with van der Waals surface area (Å²) >= 11 is 0. The summed E-state index contributed by atoms with van der Waals surface area (Å²) in [5.41, 5.74) is -1.32.